The van der Waals surface area contributed by atoms with Gasteiger partial charge in [-0.2, -0.15) is 16.9 Å². The van der Waals surface area contributed by atoms with Crippen LogP contribution >= 0.6 is 11.8 Å². The first-order valence-corrected chi connectivity index (χ1v) is 5.73. The number of aryl methyl sites for hydroxylation is 1. The molecule has 0 aromatic carbocycles. The Kier molecular flexibility index (Phi) is 2.49. The molecular formula is C9H15N3S. The van der Waals surface area contributed by atoms with Crippen LogP contribution in [0.1, 0.15) is 30.2 Å². The number of nitrogens with two attached hydrogens (primary N) is 1. The van der Waals surface area contributed by atoms with Crippen LogP contribution in [0.3, 0.4) is 0 Å². The Morgan fingerprint density at radius 1 is 1.62 bits per heavy atom. The second-order valence-corrected chi connectivity index (χ2v) is 4.78. The number of hydrogen-bond donors (Lipinski definition) is 1. The molecule has 1 aliphatic rings. The Hall–Kier alpha value is -0.640. The number of thioether (sulfide) groups is 1. The van der Waals surface area contributed by atoms with Gasteiger partial charge in [0.15, 0.2) is 0 Å². The molecule has 3 nitrogen and oxygen atoms in total. The lowest BCUT2D eigenvalue weighted by atomic mass is 10.1. The molecular weight excluding hydrogens is 182 g/mol. The van der Waals surface area contributed by atoms with Gasteiger partial charge in [0.25, 0.3) is 0 Å². The van der Waals surface area contributed by atoms with Gasteiger partial charge in [-0.05, 0) is 18.6 Å². The summed E-state index contributed by atoms with van der Waals surface area (Å²) >= 11 is 2.01. The predicted molar refractivity (Wildman–Crippen MR) is 56.7 cm³/mol. The molecule has 2 N–H and O–H groups in total. The first kappa shape index (κ1) is 8.94. The summed E-state index contributed by atoms with van der Waals surface area (Å²) < 4.78 is 1.75. The zero-order chi connectivity index (χ0) is 9.26. The fraction of sp³-hybridized carbons (Fsp3) is 0.667. The highest BCUT2D eigenvalue weighted by Crippen LogP contribution is 2.37. The molecule has 0 radical (unpaired) electrons. The van der Waals surface area contributed by atoms with Gasteiger partial charge in [0.05, 0.1) is 5.69 Å². The molecule has 4 heteroatoms. The normalized spacial score (nSPS) is 23.3. The molecule has 0 spiro atoms. The fourth-order valence-electron chi connectivity index (χ4n) is 1.64. The minimum atomic E-state index is 0.581. The average molecular weight is 197 g/mol. The second kappa shape index (κ2) is 3.62. The summed E-state index contributed by atoms with van der Waals surface area (Å²) in [6, 6.07) is 2.00. The van der Waals surface area contributed by atoms with E-state index >= 15 is 0 Å². The van der Waals surface area contributed by atoms with Gasteiger partial charge in [-0.25, -0.2) is 0 Å². The van der Waals surface area contributed by atoms with Crippen molar-refractivity contribution in [2.45, 2.75) is 24.5 Å². The average Bonchev–Trinajstić information content (AvgIpc) is 2.49. The highest BCUT2D eigenvalue weighted by atomic mass is 32.2. The SMILES string of the molecule is Cn1nc(C2CCCCS2)cc1N. The molecule has 1 atom stereocenters. The Morgan fingerprint density at radius 2 is 2.46 bits per heavy atom. The molecule has 2 rings (SSSR count). The van der Waals surface area contributed by atoms with Crippen molar-refractivity contribution < 1.29 is 0 Å². The Balaban J connectivity index is 2.14. The van der Waals surface area contributed by atoms with Crippen LogP contribution in [-0.4, -0.2) is 15.5 Å². The lowest BCUT2D eigenvalue weighted by Gasteiger charge is -2.18. The summed E-state index contributed by atoms with van der Waals surface area (Å²) in [5.74, 6) is 2.03. The number of nitrogens with zero attached hydrogens (tertiary/aromatic N) is 2. The van der Waals surface area contributed by atoms with Gasteiger partial charge < -0.3 is 5.73 Å². The highest BCUT2D eigenvalue weighted by Gasteiger charge is 2.18. The standard InChI is InChI=1S/C9H15N3S/c1-12-9(10)6-7(11-12)8-4-2-3-5-13-8/h6,8H,2-5,10H2,1H3. The lowest BCUT2D eigenvalue weighted by molar-refractivity contribution is 0.658. The molecule has 0 bridgehead atoms. The lowest BCUT2D eigenvalue weighted by Crippen LogP contribution is -2.03. The van der Waals surface area contributed by atoms with Gasteiger partial charge in [0.1, 0.15) is 5.82 Å². The largest absolute Gasteiger partial charge is 0.384 e. The van der Waals surface area contributed by atoms with E-state index in [2.05, 4.69) is 5.10 Å². The van der Waals surface area contributed by atoms with Crippen LogP contribution in [0.25, 0.3) is 0 Å². The molecule has 1 aliphatic heterocycles. The van der Waals surface area contributed by atoms with Crippen LogP contribution in [0.5, 0.6) is 0 Å². The van der Waals surface area contributed by atoms with E-state index in [9.17, 15) is 0 Å². The first-order valence-electron chi connectivity index (χ1n) is 4.68. The van der Waals surface area contributed by atoms with Crippen LogP contribution in [0.2, 0.25) is 0 Å². The quantitative estimate of drug-likeness (QED) is 0.748. The molecule has 0 aliphatic carbocycles. The van der Waals surface area contributed by atoms with Crippen molar-refractivity contribution in [1.82, 2.24) is 9.78 Å². The summed E-state index contributed by atoms with van der Waals surface area (Å²) in [7, 11) is 1.90. The van der Waals surface area contributed by atoms with Crippen molar-refractivity contribution in [1.29, 1.82) is 0 Å². The maximum Gasteiger partial charge on any atom is 0.121 e. The van der Waals surface area contributed by atoms with E-state index in [0.717, 1.165) is 11.5 Å². The molecule has 2 heterocycles. The third-order valence-corrected chi connectivity index (χ3v) is 3.85. The molecule has 13 heavy (non-hydrogen) atoms. The van der Waals surface area contributed by atoms with Crippen LogP contribution < -0.4 is 5.73 Å². The van der Waals surface area contributed by atoms with E-state index in [1.54, 1.807) is 4.68 Å². The van der Waals surface area contributed by atoms with Crippen LogP contribution in [0.4, 0.5) is 5.82 Å². The molecule has 0 saturated carbocycles. The molecule has 1 fully saturated rings. The van der Waals surface area contributed by atoms with Crippen molar-refractivity contribution in [3.8, 4) is 0 Å². The molecule has 1 aromatic rings. The minimum Gasteiger partial charge on any atom is -0.384 e. The van der Waals surface area contributed by atoms with Crippen molar-refractivity contribution in [2.24, 2.45) is 7.05 Å². The number of aromatic nitrogens is 2. The Bertz CT molecular complexity index is 270. The van der Waals surface area contributed by atoms with E-state index in [1.165, 1.54) is 25.0 Å². The third kappa shape index (κ3) is 1.82. The van der Waals surface area contributed by atoms with Crippen molar-refractivity contribution in [3.63, 3.8) is 0 Å². The topological polar surface area (TPSA) is 43.8 Å². The highest BCUT2D eigenvalue weighted by molar-refractivity contribution is 7.99. The van der Waals surface area contributed by atoms with Crippen molar-refractivity contribution in [2.75, 3.05) is 11.5 Å². The second-order valence-electron chi connectivity index (χ2n) is 3.47. The minimum absolute atomic E-state index is 0.581. The summed E-state index contributed by atoms with van der Waals surface area (Å²) in [6.07, 6.45) is 3.93. The monoisotopic (exact) mass is 197 g/mol. The molecule has 1 saturated heterocycles. The maximum atomic E-state index is 5.74. The summed E-state index contributed by atoms with van der Waals surface area (Å²) in [5.41, 5.74) is 6.90. The Labute approximate surface area is 82.7 Å². The van der Waals surface area contributed by atoms with Gasteiger partial charge in [0.2, 0.25) is 0 Å². The van der Waals surface area contributed by atoms with Gasteiger partial charge in [-0.3, -0.25) is 4.68 Å². The zero-order valence-electron chi connectivity index (χ0n) is 7.86. The number of rotatable bonds is 1. The Morgan fingerprint density at radius 3 is 3.00 bits per heavy atom. The number of anilines is 1. The number of nitrogen functional groups attached to an aromatic ring is 1. The molecule has 72 valence electrons. The van der Waals surface area contributed by atoms with Crippen molar-refractivity contribution in [3.05, 3.63) is 11.8 Å². The summed E-state index contributed by atoms with van der Waals surface area (Å²) in [6.45, 7) is 0. The fourth-order valence-corrected chi connectivity index (χ4v) is 2.91. The van der Waals surface area contributed by atoms with Crippen LogP contribution in [0, 0.1) is 0 Å². The zero-order valence-corrected chi connectivity index (χ0v) is 8.68. The molecule has 1 aromatic heterocycles. The van der Waals surface area contributed by atoms with Gasteiger partial charge in [-0.15, -0.1) is 0 Å². The summed E-state index contributed by atoms with van der Waals surface area (Å²) in [5, 5.41) is 4.99. The molecule has 0 amide bonds. The van der Waals surface area contributed by atoms with Gasteiger partial charge >= 0.3 is 0 Å². The van der Waals surface area contributed by atoms with Gasteiger partial charge in [0, 0.05) is 18.4 Å². The third-order valence-electron chi connectivity index (χ3n) is 2.44. The van der Waals surface area contributed by atoms with E-state index in [-0.39, 0.29) is 0 Å². The van der Waals surface area contributed by atoms with E-state index < -0.39 is 0 Å². The molecule has 1 unspecified atom stereocenters. The van der Waals surface area contributed by atoms with Crippen LogP contribution in [-0.2, 0) is 7.05 Å². The predicted octanol–water partition coefficient (Wildman–Crippen LogP) is 1.96. The summed E-state index contributed by atoms with van der Waals surface area (Å²) in [4.78, 5) is 0. The van der Waals surface area contributed by atoms with E-state index in [4.69, 9.17) is 5.73 Å². The van der Waals surface area contributed by atoms with Crippen molar-refractivity contribution >= 4 is 17.6 Å². The maximum absolute atomic E-state index is 5.74. The van der Waals surface area contributed by atoms with Crippen LogP contribution in [0.15, 0.2) is 6.07 Å². The number of hydrogen-bond acceptors (Lipinski definition) is 3. The van der Waals surface area contributed by atoms with E-state index in [0.29, 0.717) is 5.25 Å². The smallest absolute Gasteiger partial charge is 0.121 e. The van der Waals surface area contributed by atoms with E-state index in [1.807, 2.05) is 24.9 Å². The van der Waals surface area contributed by atoms with Gasteiger partial charge in [-0.1, -0.05) is 6.42 Å². The first-order chi connectivity index (χ1) is 6.27.